The van der Waals surface area contributed by atoms with Crippen molar-refractivity contribution in [1.82, 2.24) is 19.5 Å². The Hall–Kier alpha value is -1.94. The van der Waals surface area contributed by atoms with E-state index in [0.29, 0.717) is 5.95 Å². The molecule has 80 valence electrons. The standard InChI is InChI=1S/C11H8N4.ClH/c1-2-5-10-9(4-1)14-8-15(10)11-12-6-3-7-13-11;/h1-8H;1H. The molecule has 0 bridgehead atoms. The van der Waals surface area contributed by atoms with Crippen LogP contribution in [0.5, 0.6) is 0 Å². The fraction of sp³-hybridized carbons (Fsp3) is 0. The maximum atomic E-state index is 4.28. The highest BCUT2D eigenvalue weighted by molar-refractivity contribution is 5.85. The number of imidazole rings is 1. The summed E-state index contributed by atoms with van der Waals surface area (Å²) in [6.07, 6.45) is 5.17. The number of nitrogens with zero attached hydrogens (tertiary/aromatic N) is 4. The monoisotopic (exact) mass is 232 g/mol. The molecule has 0 saturated heterocycles. The van der Waals surface area contributed by atoms with Crippen LogP contribution in [0.4, 0.5) is 0 Å². The highest BCUT2D eigenvalue weighted by atomic mass is 35.5. The summed E-state index contributed by atoms with van der Waals surface area (Å²) < 4.78 is 1.87. The molecule has 0 aliphatic heterocycles. The molecular weight excluding hydrogens is 224 g/mol. The Morgan fingerprint density at radius 1 is 0.875 bits per heavy atom. The highest BCUT2D eigenvalue weighted by Crippen LogP contribution is 2.14. The highest BCUT2D eigenvalue weighted by Gasteiger charge is 2.04. The molecule has 3 rings (SSSR count). The van der Waals surface area contributed by atoms with Crippen molar-refractivity contribution in [3.63, 3.8) is 0 Å². The van der Waals surface area contributed by atoms with E-state index in [9.17, 15) is 0 Å². The Bertz CT molecular complexity index is 591. The first kappa shape index (κ1) is 10.6. The van der Waals surface area contributed by atoms with Crippen LogP contribution in [0, 0.1) is 0 Å². The predicted molar refractivity (Wildman–Crippen MR) is 63.9 cm³/mol. The second-order valence-electron chi connectivity index (χ2n) is 3.15. The number of benzene rings is 1. The van der Waals surface area contributed by atoms with E-state index in [4.69, 9.17) is 0 Å². The molecule has 5 heteroatoms. The van der Waals surface area contributed by atoms with Gasteiger partial charge in [-0.15, -0.1) is 12.4 Å². The molecule has 0 atom stereocenters. The van der Waals surface area contributed by atoms with Crippen LogP contribution < -0.4 is 0 Å². The van der Waals surface area contributed by atoms with E-state index >= 15 is 0 Å². The number of hydrogen-bond donors (Lipinski definition) is 0. The van der Waals surface area contributed by atoms with Crippen molar-refractivity contribution in [2.24, 2.45) is 0 Å². The van der Waals surface area contributed by atoms with Gasteiger partial charge < -0.3 is 0 Å². The first-order valence-corrected chi connectivity index (χ1v) is 4.64. The quantitative estimate of drug-likeness (QED) is 0.646. The van der Waals surface area contributed by atoms with E-state index in [0.717, 1.165) is 11.0 Å². The summed E-state index contributed by atoms with van der Waals surface area (Å²) in [7, 11) is 0. The summed E-state index contributed by atoms with van der Waals surface area (Å²) in [5, 5.41) is 0. The maximum Gasteiger partial charge on any atom is 0.235 e. The number of halogens is 1. The van der Waals surface area contributed by atoms with E-state index < -0.39 is 0 Å². The molecule has 2 aromatic heterocycles. The molecule has 0 fully saturated rings. The first-order valence-electron chi connectivity index (χ1n) is 4.64. The fourth-order valence-corrected chi connectivity index (χ4v) is 1.53. The third-order valence-corrected chi connectivity index (χ3v) is 2.22. The summed E-state index contributed by atoms with van der Waals surface area (Å²) in [5.41, 5.74) is 1.97. The molecule has 0 radical (unpaired) electrons. The van der Waals surface area contributed by atoms with Crippen LogP contribution in [-0.2, 0) is 0 Å². The van der Waals surface area contributed by atoms with Crippen molar-refractivity contribution in [2.75, 3.05) is 0 Å². The van der Waals surface area contributed by atoms with Gasteiger partial charge in [0.05, 0.1) is 11.0 Å². The van der Waals surface area contributed by atoms with Gasteiger partial charge in [-0.3, -0.25) is 4.57 Å². The van der Waals surface area contributed by atoms with Gasteiger partial charge in [-0.25, -0.2) is 15.0 Å². The summed E-state index contributed by atoms with van der Waals surface area (Å²) in [5.74, 6) is 0.645. The van der Waals surface area contributed by atoms with Crippen LogP contribution in [0.25, 0.3) is 17.0 Å². The Morgan fingerprint density at radius 2 is 1.62 bits per heavy atom. The summed E-state index contributed by atoms with van der Waals surface area (Å²) in [4.78, 5) is 12.6. The Balaban J connectivity index is 0.000000963. The van der Waals surface area contributed by atoms with Gasteiger partial charge in [0.2, 0.25) is 5.95 Å². The molecule has 0 N–H and O–H groups in total. The molecule has 16 heavy (non-hydrogen) atoms. The minimum atomic E-state index is 0. The van der Waals surface area contributed by atoms with Crippen molar-refractivity contribution in [2.45, 2.75) is 0 Å². The summed E-state index contributed by atoms with van der Waals surface area (Å²) >= 11 is 0. The van der Waals surface area contributed by atoms with E-state index in [1.165, 1.54) is 0 Å². The Labute approximate surface area is 98.4 Å². The average Bonchev–Trinajstić information content (AvgIpc) is 2.74. The molecule has 2 heterocycles. The first-order chi connectivity index (χ1) is 7.45. The lowest BCUT2D eigenvalue weighted by Crippen LogP contribution is -1.97. The third-order valence-electron chi connectivity index (χ3n) is 2.22. The smallest absolute Gasteiger partial charge is 0.235 e. The van der Waals surface area contributed by atoms with Gasteiger partial charge in [-0.05, 0) is 18.2 Å². The van der Waals surface area contributed by atoms with Crippen LogP contribution in [0.2, 0.25) is 0 Å². The second-order valence-corrected chi connectivity index (χ2v) is 3.15. The molecule has 0 aliphatic carbocycles. The molecule has 1 aromatic carbocycles. The van der Waals surface area contributed by atoms with Crippen molar-refractivity contribution in [3.8, 4) is 5.95 Å². The lowest BCUT2D eigenvalue weighted by molar-refractivity contribution is 0.948. The van der Waals surface area contributed by atoms with Crippen molar-refractivity contribution >= 4 is 23.4 Å². The van der Waals surface area contributed by atoms with Crippen LogP contribution >= 0.6 is 12.4 Å². The average molecular weight is 233 g/mol. The molecule has 0 amide bonds. The predicted octanol–water partition coefficient (Wildman–Crippen LogP) is 2.24. The van der Waals surface area contributed by atoms with Gasteiger partial charge in [0, 0.05) is 12.4 Å². The fourth-order valence-electron chi connectivity index (χ4n) is 1.53. The topological polar surface area (TPSA) is 43.6 Å². The van der Waals surface area contributed by atoms with E-state index in [1.807, 2.05) is 28.8 Å². The van der Waals surface area contributed by atoms with Gasteiger partial charge in [0.15, 0.2) is 0 Å². The minimum Gasteiger partial charge on any atom is -0.267 e. The van der Waals surface area contributed by atoms with Gasteiger partial charge in [-0.1, -0.05) is 12.1 Å². The molecule has 0 saturated carbocycles. The molecule has 0 unspecified atom stereocenters. The Morgan fingerprint density at radius 3 is 2.44 bits per heavy atom. The van der Waals surface area contributed by atoms with Crippen molar-refractivity contribution < 1.29 is 0 Å². The minimum absolute atomic E-state index is 0. The Kier molecular flexibility index (Phi) is 2.83. The van der Waals surface area contributed by atoms with Crippen LogP contribution in [0.3, 0.4) is 0 Å². The van der Waals surface area contributed by atoms with Crippen molar-refractivity contribution in [1.29, 1.82) is 0 Å². The van der Waals surface area contributed by atoms with E-state index in [-0.39, 0.29) is 12.4 Å². The number of aromatic nitrogens is 4. The molecule has 0 spiro atoms. The van der Waals surface area contributed by atoms with Gasteiger partial charge in [0.25, 0.3) is 0 Å². The zero-order chi connectivity index (χ0) is 10.1. The van der Waals surface area contributed by atoms with Crippen LogP contribution in [0.1, 0.15) is 0 Å². The lowest BCUT2D eigenvalue weighted by Gasteiger charge is -1.99. The van der Waals surface area contributed by atoms with Crippen molar-refractivity contribution in [3.05, 3.63) is 49.1 Å². The molecule has 3 aromatic rings. The van der Waals surface area contributed by atoms with Gasteiger partial charge >= 0.3 is 0 Å². The number of rotatable bonds is 1. The van der Waals surface area contributed by atoms with E-state index in [1.54, 1.807) is 24.8 Å². The second kappa shape index (κ2) is 4.28. The number of para-hydroxylation sites is 2. The lowest BCUT2D eigenvalue weighted by atomic mass is 10.3. The van der Waals surface area contributed by atoms with Crippen LogP contribution in [-0.4, -0.2) is 19.5 Å². The zero-order valence-corrected chi connectivity index (χ0v) is 9.13. The normalized spacial score (nSPS) is 10.0. The number of hydrogen-bond acceptors (Lipinski definition) is 3. The van der Waals surface area contributed by atoms with Crippen LogP contribution in [0.15, 0.2) is 49.1 Å². The van der Waals surface area contributed by atoms with Gasteiger partial charge in [0.1, 0.15) is 6.33 Å². The van der Waals surface area contributed by atoms with E-state index in [2.05, 4.69) is 15.0 Å². The largest absolute Gasteiger partial charge is 0.267 e. The molecule has 0 aliphatic rings. The molecule has 4 nitrogen and oxygen atoms in total. The van der Waals surface area contributed by atoms with Gasteiger partial charge in [-0.2, -0.15) is 0 Å². The molecular formula is C11H9ClN4. The summed E-state index contributed by atoms with van der Waals surface area (Å²) in [6, 6.07) is 9.70. The number of fused-ring (bicyclic) bond motifs is 1. The third kappa shape index (κ3) is 1.63. The maximum absolute atomic E-state index is 4.28. The zero-order valence-electron chi connectivity index (χ0n) is 8.32. The SMILES string of the molecule is Cl.c1cnc(-n2cnc3ccccc32)nc1. The summed E-state index contributed by atoms with van der Waals surface area (Å²) in [6.45, 7) is 0.